The molecule has 1 N–H and O–H groups in total. The van der Waals surface area contributed by atoms with Gasteiger partial charge in [-0.25, -0.2) is 0 Å². The molecule has 1 aliphatic rings. The van der Waals surface area contributed by atoms with Crippen molar-refractivity contribution in [1.82, 2.24) is 5.32 Å². The molecule has 16 heavy (non-hydrogen) atoms. The van der Waals surface area contributed by atoms with Gasteiger partial charge in [-0.2, -0.15) is 0 Å². The monoisotopic (exact) mass is 235 g/mol. The lowest BCUT2D eigenvalue weighted by atomic mass is 10.1. The largest absolute Gasteiger partial charge is 0.313 e. The van der Waals surface area contributed by atoms with Crippen LogP contribution in [0.1, 0.15) is 26.2 Å². The number of thioether (sulfide) groups is 1. The van der Waals surface area contributed by atoms with Crippen molar-refractivity contribution in [3.8, 4) is 0 Å². The van der Waals surface area contributed by atoms with Crippen LogP contribution in [0.2, 0.25) is 0 Å². The molecule has 0 heterocycles. The lowest BCUT2D eigenvalue weighted by Gasteiger charge is -2.15. The molecular weight excluding hydrogens is 214 g/mol. The van der Waals surface area contributed by atoms with Crippen LogP contribution in [0.3, 0.4) is 0 Å². The molecule has 0 bridgehead atoms. The Morgan fingerprint density at radius 1 is 1.31 bits per heavy atom. The van der Waals surface area contributed by atoms with Crippen LogP contribution in [0.5, 0.6) is 0 Å². The van der Waals surface area contributed by atoms with Crippen LogP contribution in [0.4, 0.5) is 0 Å². The van der Waals surface area contributed by atoms with Crippen molar-refractivity contribution in [3.63, 3.8) is 0 Å². The van der Waals surface area contributed by atoms with Gasteiger partial charge in [0.2, 0.25) is 0 Å². The average Bonchev–Trinajstić information content (AvgIpc) is 3.15. The van der Waals surface area contributed by atoms with E-state index in [0.29, 0.717) is 0 Å². The molecule has 0 spiro atoms. The molecule has 2 heteroatoms. The Morgan fingerprint density at radius 3 is 2.69 bits per heavy atom. The fraction of sp³-hybridized carbons (Fsp3) is 0.571. The second-order valence-electron chi connectivity index (χ2n) is 4.47. The summed E-state index contributed by atoms with van der Waals surface area (Å²) in [4.78, 5) is 1.38. The molecule has 0 saturated heterocycles. The molecule has 0 amide bonds. The van der Waals surface area contributed by atoms with Crippen LogP contribution < -0.4 is 5.32 Å². The summed E-state index contributed by atoms with van der Waals surface area (Å²) >= 11 is 1.94. The van der Waals surface area contributed by atoms with E-state index in [4.69, 9.17) is 0 Å². The minimum Gasteiger partial charge on any atom is -0.313 e. The number of rotatable bonds is 7. The van der Waals surface area contributed by atoms with Crippen LogP contribution in [-0.2, 0) is 0 Å². The standard InChI is InChI=1S/C14H21NS/c1-2-14(12-8-9-12)15-10-11-16-13-6-4-3-5-7-13/h3-7,12,14-15H,2,8-11H2,1H3. The normalized spacial score (nSPS) is 17.3. The fourth-order valence-corrected chi connectivity index (χ4v) is 2.88. The van der Waals surface area contributed by atoms with E-state index >= 15 is 0 Å². The minimum absolute atomic E-state index is 0.774. The third-order valence-corrected chi connectivity index (χ3v) is 4.17. The third-order valence-electron chi connectivity index (χ3n) is 3.15. The van der Waals surface area contributed by atoms with Gasteiger partial charge in [-0.05, 0) is 37.3 Å². The Morgan fingerprint density at radius 2 is 2.06 bits per heavy atom. The maximum Gasteiger partial charge on any atom is 0.0106 e. The first kappa shape index (κ1) is 12.0. The highest BCUT2D eigenvalue weighted by Gasteiger charge is 2.29. The zero-order chi connectivity index (χ0) is 11.2. The van der Waals surface area contributed by atoms with Gasteiger partial charge in [0, 0.05) is 23.2 Å². The Balaban J connectivity index is 1.61. The minimum atomic E-state index is 0.774. The van der Waals surface area contributed by atoms with E-state index in [1.165, 1.54) is 29.9 Å². The van der Waals surface area contributed by atoms with Crippen molar-refractivity contribution in [3.05, 3.63) is 30.3 Å². The maximum atomic E-state index is 3.68. The summed E-state index contributed by atoms with van der Waals surface area (Å²) in [5.74, 6) is 2.15. The fourth-order valence-electron chi connectivity index (χ4n) is 2.07. The first-order valence-electron chi connectivity index (χ1n) is 6.31. The summed E-state index contributed by atoms with van der Waals surface area (Å²) in [5.41, 5.74) is 0. The van der Waals surface area contributed by atoms with E-state index in [1.54, 1.807) is 0 Å². The lowest BCUT2D eigenvalue weighted by Crippen LogP contribution is -2.32. The molecular formula is C14H21NS. The predicted octanol–water partition coefficient (Wildman–Crippen LogP) is 3.56. The zero-order valence-corrected chi connectivity index (χ0v) is 10.8. The van der Waals surface area contributed by atoms with Gasteiger partial charge in [0.15, 0.2) is 0 Å². The summed E-state index contributed by atoms with van der Waals surface area (Å²) in [6, 6.07) is 11.4. The van der Waals surface area contributed by atoms with E-state index in [-0.39, 0.29) is 0 Å². The average molecular weight is 235 g/mol. The van der Waals surface area contributed by atoms with Gasteiger partial charge < -0.3 is 5.32 Å². The highest BCUT2D eigenvalue weighted by molar-refractivity contribution is 7.99. The molecule has 88 valence electrons. The Bertz CT molecular complexity index is 295. The molecule has 0 aromatic heterocycles. The number of hydrogen-bond acceptors (Lipinski definition) is 2. The van der Waals surface area contributed by atoms with E-state index in [9.17, 15) is 0 Å². The number of benzene rings is 1. The van der Waals surface area contributed by atoms with Crippen LogP contribution in [-0.4, -0.2) is 18.3 Å². The summed E-state index contributed by atoms with van der Waals surface area (Å²) in [6.45, 7) is 3.43. The molecule has 1 unspecified atom stereocenters. The van der Waals surface area contributed by atoms with Gasteiger partial charge in [-0.3, -0.25) is 0 Å². The van der Waals surface area contributed by atoms with E-state index in [1.807, 2.05) is 11.8 Å². The van der Waals surface area contributed by atoms with Crippen molar-refractivity contribution in [1.29, 1.82) is 0 Å². The zero-order valence-electron chi connectivity index (χ0n) is 9.99. The van der Waals surface area contributed by atoms with Crippen LogP contribution >= 0.6 is 11.8 Å². The molecule has 0 radical (unpaired) electrons. The van der Waals surface area contributed by atoms with Crippen LogP contribution in [0.25, 0.3) is 0 Å². The topological polar surface area (TPSA) is 12.0 Å². The van der Waals surface area contributed by atoms with Crippen LogP contribution in [0.15, 0.2) is 35.2 Å². The van der Waals surface area contributed by atoms with Gasteiger partial charge in [-0.15, -0.1) is 11.8 Å². The predicted molar refractivity (Wildman–Crippen MR) is 72.0 cm³/mol. The van der Waals surface area contributed by atoms with Gasteiger partial charge >= 0.3 is 0 Å². The van der Waals surface area contributed by atoms with Gasteiger partial charge in [0.1, 0.15) is 0 Å². The van der Waals surface area contributed by atoms with E-state index in [0.717, 1.165) is 18.5 Å². The number of nitrogens with one attached hydrogen (secondary N) is 1. The first-order valence-corrected chi connectivity index (χ1v) is 7.30. The molecule has 1 aliphatic carbocycles. The van der Waals surface area contributed by atoms with Crippen molar-refractivity contribution >= 4 is 11.8 Å². The Hall–Kier alpha value is -0.470. The van der Waals surface area contributed by atoms with Crippen molar-refractivity contribution in [2.24, 2.45) is 5.92 Å². The summed E-state index contributed by atoms with van der Waals surface area (Å²) < 4.78 is 0. The highest BCUT2D eigenvalue weighted by Crippen LogP contribution is 2.33. The first-order chi connectivity index (χ1) is 7.90. The quantitative estimate of drug-likeness (QED) is 0.573. The molecule has 1 saturated carbocycles. The summed E-state index contributed by atoms with van der Waals surface area (Å²) in [7, 11) is 0. The lowest BCUT2D eigenvalue weighted by molar-refractivity contribution is 0.464. The molecule has 1 fully saturated rings. The molecule has 2 rings (SSSR count). The molecule has 1 aromatic carbocycles. The van der Waals surface area contributed by atoms with Crippen LogP contribution in [0, 0.1) is 5.92 Å². The summed E-state index contributed by atoms with van der Waals surface area (Å²) in [5, 5.41) is 3.68. The van der Waals surface area contributed by atoms with Crippen molar-refractivity contribution < 1.29 is 0 Å². The van der Waals surface area contributed by atoms with Crippen molar-refractivity contribution in [2.45, 2.75) is 37.1 Å². The summed E-state index contributed by atoms with van der Waals surface area (Å²) in [6.07, 6.45) is 4.16. The molecule has 1 nitrogen and oxygen atoms in total. The van der Waals surface area contributed by atoms with Gasteiger partial charge in [-0.1, -0.05) is 25.1 Å². The van der Waals surface area contributed by atoms with Crippen molar-refractivity contribution in [2.75, 3.05) is 12.3 Å². The Kier molecular flexibility index (Phi) is 4.73. The maximum absolute atomic E-state index is 3.68. The number of hydrogen-bond donors (Lipinski definition) is 1. The smallest absolute Gasteiger partial charge is 0.0106 e. The SMILES string of the molecule is CCC(NCCSc1ccccc1)C1CC1. The third kappa shape index (κ3) is 3.84. The Labute approximate surface area is 103 Å². The molecule has 0 aliphatic heterocycles. The molecule has 1 atom stereocenters. The molecule has 1 aromatic rings. The second-order valence-corrected chi connectivity index (χ2v) is 5.64. The van der Waals surface area contributed by atoms with Gasteiger partial charge in [0.05, 0.1) is 0 Å². The highest BCUT2D eigenvalue weighted by atomic mass is 32.2. The van der Waals surface area contributed by atoms with E-state index < -0.39 is 0 Å². The van der Waals surface area contributed by atoms with Gasteiger partial charge in [0.25, 0.3) is 0 Å². The van der Waals surface area contributed by atoms with E-state index in [2.05, 4.69) is 42.6 Å². The second kappa shape index (κ2) is 6.31.